The molecule has 0 unspecified atom stereocenters. The third-order valence-electron chi connectivity index (χ3n) is 2.53. The molecule has 0 aliphatic heterocycles. The zero-order valence-electron chi connectivity index (χ0n) is 10.2. The Labute approximate surface area is 115 Å². The predicted octanol–water partition coefficient (Wildman–Crippen LogP) is 3.44. The second-order valence-electron chi connectivity index (χ2n) is 4.13. The SMILES string of the molecule is O=C(CSc1ccc(F)cc1)Cc1cccc(O)c1. The Balaban J connectivity index is 1.86. The van der Waals surface area contributed by atoms with E-state index in [9.17, 15) is 14.3 Å². The van der Waals surface area contributed by atoms with Gasteiger partial charge in [-0.2, -0.15) is 0 Å². The third-order valence-corrected chi connectivity index (χ3v) is 3.60. The fraction of sp³-hybridized carbons (Fsp3) is 0.133. The van der Waals surface area contributed by atoms with Crippen molar-refractivity contribution in [3.63, 3.8) is 0 Å². The topological polar surface area (TPSA) is 37.3 Å². The molecular weight excluding hydrogens is 263 g/mol. The number of benzene rings is 2. The average molecular weight is 276 g/mol. The summed E-state index contributed by atoms with van der Waals surface area (Å²) < 4.78 is 12.7. The van der Waals surface area contributed by atoms with Crippen molar-refractivity contribution in [2.75, 3.05) is 5.75 Å². The minimum absolute atomic E-state index is 0.0694. The summed E-state index contributed by atoms with van der Waals surface area (Å²) in [6, 6.07) is 12.7. The van der Waals surface area contributed by atoms with Gasteiger partial charge in [0.05, 0.1) is 5.75 Å². The lowest BCUT2D eigenvalue weighted by Gasteiger charge is -2.03. The number of hydrogen-bond acceptors (Lipinski definition) is 3. The number of carbonyl (C=O) groups is 1. The number of phenolic OH excluding ortho intramolecular Hbond substituents is 1. The first-order chi connectivity index (χ1) is 9.13. The van der Waals surface area contributed by atoms with E-state index in [0.29, 0.717) is 12.2 Å². The molecule has 0 radical (unpaired) electrons. The molecule has 0 fully saturated rings. The number of Topliss-reactive ketones (excluding diaryl/α,β-unsaturated/α-hetero) is 1. The molecule has 0 saturated carbocycles. The lowest BCUT2D eigenvalue weighted by atomic mass is 10.1. The van der Waals surface area contributed by atoms with Gasteiger partial charge in [0.1, 0.15) is 17.3 Å². The van der Waals surface area contributed by atoms with Crippen LogP contribution in [0.1, 0.15) is 5.56 Å². The number of carbonyl (C=O) groups excluding carboxylic acids is 1. The number of rotatable bonds is 5. The van der Waals surface area contributed by atoms with Gasteiger partial charge in [-0.1, -0.05) is 12.1 Å². The first-order valence-electron chi connectivity index (χ1n) is 5.81. The van der Waals surface area contributed by atoms with Crippen LogP contribution in [0.4, 0.5) is 4.39 Å². The highest BCUT2D eigenvalue weighted by Gasteiger charge is 2.05. The molecule has 0 bridgehead atoms. The minimum Gasteiger partial charge on any atom is -0.508 e. The molecule has 2 aromatic carbocycles. The number of thioether (sulfide) groups is 1. The average Bonchev–Trinajstić information content (AvgIpc) is 2.38. The monoisotopic (exact) mass is 276 g/mol. The Morgan fingerprint density at radius 3 is 2.58 bits per heavy atom. The van der Waals surface area contributed by atoms with Gasteiger partial charge in [0, 0.05) is 11.3 Å². The minimum atomic E-state index is -0.282. The van der Waals surface area contributed by atoms with Crippen LogP contribution in [0.5, 0.6) is 5.75 Å². The van der Waals surface area contributed by atoms with E-state index in [1.807, 2.05) is 0 Å². The van der Waals surface area contributed by atoms with Gasteiger partial charge in [-0.25, -0.2) is 4.39 Å². The smallest absolute Gasteiger partial charge is 0.147 e. The molecule has 0 aromatic heterocycles. The van der Waals surface area contributed by atoms with Gasteiger partial charge < -0.3 is 5.11 Å². The summed E-state index contributed by atoms with van der Waals surface area (Å²) in [6.07, 6.45) is 0.294. The molecule has 2 aromatic rings. The summed E-state index contributed by atoms with van der Waals surface area (Å²) in [4.78, 5) is 12.7. The third kappa shape index (κ3) is 4.41. The van der Waals surface area contributed by atoms with Crippen molar-refractivity contribution >= 4 is 17.5 Å². The maximum atomic E-state index is 12.7. The molecule has 2 nitrogen and oxygen atoms in total. The van der Waals surface area contributed by atoms with E-state index >= 15 is 0 Å². The van der Waals surface area contributed by atoms with Crippen molar-refractivity contribution in [3.05, 3.63) is 59.9 Å². The van der Waals surface area contributed by atoms with Crippen LogP contribution in [-0.4, -0.2) is 16.6 Å². The van der Waals surface area contributed by atoms with Crippen LogP contribution in [0.3, 0.4) is 0 Å². The maximum absolute atomic E-state index is 12.7. The van der Waals surface area contributed by atoms with Gasteiger partial charge in [0.25, 0.3) is 0 Å². The van der Waals surface area contributed by atoms with Gasteiger partial charge >= 0.3 is 0 Å². The highest BCUT2D eigenvalue weighted by atomic mass is 32.2. The van der Waals surface area contributed by atoms with E-state index in [4.69, 9.17) is 0 Å². The molecule has 4 heteroatoms. The predicted molar refractivity (Wildman–Crippen MR) is 73.9 cm³/mol. The molecule has 0 saturated heterocycles. The zero-order valence-corrected chi connectivity index (χ0v) is 11.0. The van der Waals surface area contributed by atoms with Crippen molar-refractivity contribution in [3.8, 4) is 5.75 Å². The summed E-state index contributed by atoms with van der Waals surface area (Å²) in [5.74, 6) is 0.285. The summed E-state index contributed by atoms with van der Waals surface area (Å²) in [7, 11) is 0. The van der Waals surface area contributed by atoms with E-state index in [1.54, 1.807) is 36.4 Å². The largest absolute Gasteiger partial charge is 0.508 e. The van der Waals surface area contributed by atoms with Crippen LogP contribution in [0.25, 0.3) is 0 Å². The quantitative estimate of drug-likeness (QED) is 0.850. The molecule has 0 amide bonds. The van der Waals surface area contributed by atoms with Crippen LogP contribution in [0.15, 0.2) is 53.4 Å². The van der Waals surface area contributed by atoms with Crippen LogP contribution in [0, 0.1) is 5.82 Å². The van der Waals surface area contributed by atoms with Gasteiger partial charge in [0.15, 0.2) is 0 Å². The standard InChI is InChI=1S/C15H13FO2S/c16-12-4-6-15(7-5-12)19-10-14(18)9-11-2-1-3-13(17)8-11/h1-8,17H,9-10H2. The molecule has 1 N–H and O–H groups in total. The normalized spacial score (nSPS) is 10.4. The summed E-state index contributed by atoms with van der Waals surface area (Å²) in [5, 5.41) is 9.31. The van der Waals surface area contributed by atoms with E-state index in [-0.39, 0.29) is 17.3 Å². The van der Waals surface area contributed by atoms with Gasteiger partial charge in [-0.05, 0) is 42.0 Å². The molecule has 0 aliphatic rings. The number of phenols is 1. The molecule has 0 spiro atoms. The van der Waals surface area contributed by atoms with Crippen molar-refractivity contribution in [1.29, 1.82) is 0 Å². The number of ketones is 1. The lowest BCUT2D eigenvalue weighted by Crippen LogP contribution is -2.05. The van der Waals surface area contributed by atoms with E-state index < -0.39 is 0 Å². The first-order valence-corrected chi connectivity index (χ1v) is 6.80. The van der Waals surface area contributed by atoms with E-state index in [1.165, 1.54) is 23.9 Å². The number of hydrogen-bond donors (Lipinski definition) is 1. The molecule has 0 aliphatic carbocycles. The molecular formula is C15H13FO2S. The Hall–Kier alpha value is -1.81. The first kappa shape index (κ1) is 13.6. The Morgan fingerprint density at radius 2 is 1.89 bits per heavy atom. The van der Waals surface area contributed by atoms with Crippen molar-refractivity contribution < 1.29 is 14.3 Å². The van der Waals surface area contributed by atoms with Crippen LogP contribution < -0.4 is 0 Å². The van der Waals surface area contributed by atoms with Crippen LogP contribution in [0.2, 0.25) is 0 Å². The molecule has 19 heavy (non-hydrogen) atoms. The zero-order chi connectivity index (χ0) is 13.7. The molecule has 0 heterocycles. The Morgan fingerprint density at radius 1 is 1.16 bits per heavy atom. The van der Waals surface area contributed by atoms with Crippen LogP contribution in [-0.2, 0) is 11.2 Å². The highest BCUT2D eigenvalue weighted by Crippen LogP contribution is 2.19. The number of aromatic hydroxyl groups is 1. The fourth-order valence-corrected chi connectivity index (χ4v) is 2.40. The van der Waals surface area contributed by atoms with Gasteiger partial charge in [-0.15, -0.1) is 11.8 Å². The van der Waals surface area contributed by atoms with Crippen LogP contribution >= 0.6 is 11.8 Å². The van der Waals surface area contributed by atoms with E-state index in [0.717, 1.165) is 10.5 Å². The van der Waals surface area contributed by atoms with Gasteiger partial charge in [-0.3, -0.25) is 4.79 Å². The van der Waals surface area contributed by atoms with Crippen molar-refractivity contribution in [2.24, 2.45) is 0 Å². The summed E-state index contributed by atoms with van der Waals surface area (Å²) >= 11 is 1.38. The molecule has 98 valence electrons. The fourth-order valence-electron chi connectivity index (χ4n) is 1.64. The lowest BCUT2D eigenvalue weighted by molar-refractivity contribution is -0.116. The summed E-state index contributed by atoms with van der Waals surface area (Å²) in [6.45, 7) is 0. The number of halogens is 1. The summed E-state index contributed by atoms with van der Waals surface area (Å²) in [5.41, 5.74) is 0.796. The van der Waals surface area contributed by atoms with Crippen molar-refractivity contribution in [1.82, 2.24) is 0 Å². The second kappa shape index (κ2) is 6.38. The Bertz CT molecular complexity index is 567. The molecule has 0 atom stereocenters. The Kier molecular flexibility index (Phi) is 4.58. The van der Waals surface area contributed by atoms with Crippen molar-refractivity contribution in [2.45, 2.75) is 11.3 Å². The maximum Gasteiger partial charge on any atom is 0.147 e. The van der Waals surface area contributed by atoms with E-state index in [2.05, 4.69) is 0 Å². The molecule has 2 rings (SSSR count). The van der Waals surface area contributed by atoms with Gasteiger partial charge in [0.2, 0.25) is 0 Å². The second-order valence-corrected chi connectivity index (χ2v) is 5.18. The highest BCUT2D eigenvalue weighted by molar-refractivity contribution is 8.00.